The highest BCUT2D eigenvalue weighted by Gasteiger charge is 2.36. The number of nitrogens with one attached hydrogen (secondary N) is 1. The second-order valence-corrected chi connectivity index (χ2v) is 7.84. The summed E-state index contributed by atoms with van der Waals surface area (Å²) in [5.41, 5.74) is 2.75. The van der Waals surface area contributed by atoms with Gasteiger partial charge in [0.2, 0.25) is 0 Å². The van der Waals surface area contributed by atoms with Gasteiger partial charge in [0.1, 0.15) is 17.9 Å². The molecule has 0 bridgehead atoms. The Hall–Kier alpha value is -3.90. The maximum absolute atomic E-state index is 13.1. The molecule has 166 valence electrons. The monoisotopic (exact) mass is 460 g/mol. The van der Waals surface area contributed by atoms with Gasteiger partial charge in [-0.3, -0.25) is 14.9 Å². The predicted octanol–water partition coefficient (Wildman–Crippen LogP) is 5.15. The minimum absolute atomic E-state index is 0.141. The smallest absolute Gasteiger partial charge is 0.335 e. The van der Waals surface area contributed by atoms with Gasteiger partial charge in [-0.25, -0.2) is 9.69 Å². The van der Waals surface area contributed by atoms with Crippen LogP contribution in [0.2, 0.25) is 5.02 Å². The summed E-state index contributed by atoms with van der Waals surface area (Å²) >= 11 is 6.17. The molecule has 0 aliphatic carbocycles. The molecule has 1 saturated heterocycles. The van der Waals surface area contributed by atoms with Gasteiger partial charge >= 0.3 is 6.03 Å². The highest BCUT2D eigenvalue weighted by atomic mass is 35.5. The molecule has 7 heteroatoms. The molecule has 33 heavy (non-hydrogen) atoms. The molecule has 1 N–H and O–H groups in total. The van der Waals surface area contributed by atoms with Crippen molar-refractivity contribution in [2.75, 3.05) is 4.90 Å². The molecule has 0 saturated carbocycles. The van der Waals surface area contributed by atoms with Crippen LogP contribution in [0.25, 0.3) is 6.08 Å². The highest BCUT2D eigenvalue weighted by Crippen LogP contribution is 2.24. The van der Waals surface area contributed by atoms with E-state index in [-0.39, 0.29) is 12.2 Å². The first-order valence-electron chi connectivity index (χ1n) is 10.4. The normalized spacial score (nSPS) is 15.0. The van der Waals surface area contributed by atoms with E-state index in [1.165, 1.54) is 6.08 Å². The Balaban J connectivity index is 1.57. The number of imide groups is 2. The first kappa shape index (κ1) is 22.3. The fourth-order valence-corrected chi connectivity index (χ4v) is 3.60. The van der Waals surface area contributed by atoms with Gasteiger partial charge in [-0.2, -0.15) is 0 Å². The number of carbonyl (C=O) groups is 3. The van der Waals surface area contributed by atoms with Crippen molar-refractivity contribution >= 4 is 41.2 Å². The standard InChI is InChI=1S/C26H21ClN2O4/c1-2-17-10-12-20(13-11-17)29-25(31)22(24(30)28-26(29)32)15-18-6-5-8-21(14-18)33-16-19-7-3-4-9-23(19)27/h3-15H,2,16H2,1H3,(H,28,30,32)/b22-15-. The Labute approximate surface area is 196 Å². The Morgan fingerprint density at radius 2 is 1.73 bits per heavy atom. The predicted molar refractivity (Wildman–Crippen MR) is 127 cm³/mol. The number of urea groups is 1. The van der Waals surface area contributed by atoms with Crippen LogP contribution >= 0.6 is 11.6 Å². The maximum atomic E-state index is 13.1. The lowest BCUT2D eigenvalue weighted by Crippen LogP contribution is -2.54. The third-order valence-electron chi connectivity index (χ3n) is 5.23. The summed E-state index contributed by atoms with van der Waals surface area (Å²) in [5, 5.41) is 2.85. The molecular weight excluding hydrogens is 440 g/mol. The molecule has 1 fully saturated rings. The summed E-state index contributed by atoms with van der Waals surface area (Å²) in [6.45, 7) is 2.29. The van der Waals surface area contributed by atoms with Crippen molar-refractivity contribution < 1.29 is 19.1 Å². The summed E-state index contributed by atoms with van der Waals surface area (Å²) in [6.07, 6.45) is 2.28. The largest absolute Gasteiger partial charge is 0.489 e. The number of barbiturate groups is 1. The van der Waals surface area contributed by atoms with E-state index in [4.69, 9.17) is 16.3 Å². The van der Waals surface area contributed by atoms with Crippen molar-refractivity contribution in [2.24, 2.45) is 0 Å². The number of benzene rings is 3. The third kappa shape index (κ3) is 4.96. The SMILES string of the molecule is CCc1ccc(N2C(=O)NC(=O)/C(=C/c3cccc(OCc4ccccc4Cl)c3)C2=O)cc1. The number of hydrogen-bond donors (Lipinski definition) is 1. The quantitative estimate of drug-likeness (QED) is 0.408. The average molecular weight is 461 g/mol. The zero-order valence-electron chi connectivity index (χ0n) is 17.9. The van der Waals surface area contributed by atoms with E-state index < -0.39 is 17.8 Å². The Kier molecular flexibility index (Phi) is 6.56. The fraction of sp³-hybridized carbons (Fsp3) is 0.115. The van der Waals surface area contributed by atoms with Crippen LogP contribution in [-0.2, 0) is 22.6 Å². The molecular formula is C26H21ClN2O4. The molecule has 1 aliphatic heterocycles. The van der Waals surface area contributed by atoms with Crippen LogP contribution in [0.4, 0.5) is 10.5 Å². The first-order chi connectivity index (χ1) is 16.0. The van der Waals surface area contributed by atoms with Crippen molar-refractivity contribution in [3.8, 4) is 5.75 Å². The van der Waals surface area contributed by atoms with E-state index in [9.17, 15) is 14.4 Å². The number of amides is 4. The van der Waals surface area contributed by atoms with Gasteiger partial charge in [-0.1, -0.05) is 61.0 Å². The summed E-state index contributed by atoms with van der Waals surface area (Å²) in [6, 6.07) is 20.6. The average Bonchev–Trinajstić information content (AvgIpc) is 2.82. The van der Waals surface area contributed by atoms with Crippen LogP contribution in [0.3, 0.4) is 0 Å². The topological polar surface area (TPSA) is 75.7 Å². The molecule has 6 nitrogen and oxygen atoms in total. The molecule has 0 unspecified atom stereocenters. The number of carbonyl (C=O) groups excluding carboxylic acids is 3. The minimum atomic E-state index is -0.775. The minimum Gasteiger partial charge on any atom is -0.489 e. The first-order valence-corrected chi connectivity index (χ1v) is 10.8. The van der Waals surface area contributed by atoms with Crippen molar-refractivity contribution in [2.45, 2.75) is 20.0 Å². The van der Waals surface area contributed by atoms with Gasteiger partial charge < -0.3 is 4.74 Å². The van der Waals surface area contributed by atoms with Crippen LogP contribution in [0.1, 0.15) is 23.6 Å². The molecule has 1 heterocycles. The van der Waals surface area contributed by atoms with Gasteiger partial charge in [0.05, 0.1) is 5.69 Å². The molecule has 0 spiro atoms. The molecule has 3 aromatic rings. The van der Waals surface area contributed by atoms with Crippen molar-refractivity contribution in [3.05, 3.63) is 100 Å². The van der Waals surface area contributed by atoms with E-state index in [0.29, 0.717) is 22.0 Å². The molecule has 0 atom stereocenters. The number of hydrogen-bond acceptors (Lipinski definition) is 4. The summed E-state index contributed by atoms with van der Waals surface area (Å²) in [5.74, 6) is -0.875. The van der Waals surface area contributed by atoms with Gasteiger partial charge in [0, 0.05) is 10.6 Å². The zero-order chi connectivity index (χ0) is 23.4. The summed E-state index contributed by atoms with van der Waals surface area (Å²) in [4.78, 5) is 38.9. The summed E-state index contributed by atoms with van der Waals surface area (Å²) in [7, 11) is 0. The van der Waals surface area contributed by atoms with Crippen molar-refractivity contribution in [3.63, 3.8) is 0 Å². The maximum Gasteiger partial charge on any atom is 0.335 e. The number of rotatable bonds is 6. The second kappa shape index (κ2) is 9.71. The Morgan fingerprint density at radius 1 is 0.970 bits per heavy atom. The van der Waals surface area contributed by atoms with Crippen molar-refractivity contribution in [1.82, 2.24) is 5.32 Å². The van der Waals surface area contributed by atoms with Crippen LogP contribution in [0.15, 0.2) is 78.4 Å². The number of ether oxygens (including phenoxy) is 1. The number of nitrogens with zero attached hydrogens (tertiary/aromatic N) is 1. The Morgan fingerprint density at radius 3 is 2.45 bits per heavy atom. The van der Waals surface area contributed by atoms with Crippen LogP contribution < -0.4 is 15.0 Å². The summed E-state index contributed by atoms with van der Waals surface area (Å²) < 4.78 is 5.82. The van der Waals surface area contributed by atoms with Crippen LogP contribution in [0, 0.1) is 0 Å². The van der Waals surface area contributed by atoms with Gasteiger partial charge in [0.15, 0.2) is 0 Å². The number of aryl methyl sites for hydroxylation is 1. The lowest BCUT2D eigenvalue weighted by Gasteiger charge is -2.26. The lowest BCUT2D eigenvalue weighted by atomic mass is 10.1. The van der Waals surface area contributed by atoms with Gasteiger partial charge in [-0.15, -0.1) is 0 Å². The molecule has 1 aliphatic rings. The lowest BCUT2D eigenvalue weighted by molar-refractivity contribution is -0.122. The van der Waals surface area contributed by atoms with Crippen molar-refractivity contribution in [1.29, 1.82) is 0 Å². The zero-order valence-corrected chi connectivity index (χ0v) is 18.6. The van der Waals surface area contributed by atoms with E-state index in [1.54, 1.807) is 42.5 Å². The fourth-order valence-electron chi connectivity index (χ4n) is 3.41. The molecule has 4 rings (SSSR count). The number of halogens is 1. The second-order valence-electron chi connectivity index (χ2n) is 7.43. The molecule has 0 aromatic heterocycles. The van der Waals surface area contributed by atoms with E-state index >= 15 is 0 Å². The van der Waals surface area contributed by atoms with Crippen LogP contribution in [0.5, 0.6) is 5.75 Å². The van der Waals surface area contributed by atoms with E-state index in [0.717, 1.165) is 22.4 Å². The van der Waals surface area contributed by atoms with E-state index in [2.05, 4.69) is 5.32 Å². The van der Waals surface area contributed by atoms with Gasteiger partial charge in [-0.05, 0) is 54.0 Å². The molecule has 0 radical (unpaired) electrons. The molecule has 3 aromatic carbocycles. The van der Waals surface area contributed by atoms with E-state index in [1.807, 2.05) is 37.3 Å². The van der Waals surface area contributed by atoms with Crippen LogP contribution in [-0.4, -0.2) is 17.8 Å². The number of anilines is 1. The Bertz CT molecular complexity index is 1250. The third-order valence-corrected chi connectivity index (χ3v) is 5.59. The highest BCUT2D eigenvalue weighted by molar-refractivity contribution is 6.39. The van der Waals surface area contributed by atoms with Gasteiger partial charge in [0.25, 0.3) is 11.8 Å². The molecule has 4 amide bonds.